The molecular weight excluding hydrogens is 422 g/mol. The topological polar surface area (TPSA) is 133 Å². The molecule has 0 aliphatic rings. The monoisotopic (exact) mass is 449 g/mol. The summed E-state index contributed by atoms with van der Waals surface area (Å²) < 4.78 is 3.68. The normalized spacial score (nSPS) is 11.4. The first-order chi connectivity index (χ1) is 16.0. The second kappa shape index (κ2) is 9.72. The maximum absolute atomic E-state index is 11.5. The Morgan fingerprint density at radius 1 is 1.18 bits per heavy atom. The summed E-state index contributed by atoms with van der Waals surface area (Å²) in [5.74, 6) is 2.56. The van der Waals surface area contributed by atoms with Gasteiger partial charge in [0, 0.05) is 30.8 Å². The molecule has 0 saturated carbocycles. The molecule has 0 spiro atoms. The van der Waals surface area contributed by atoms with Crippen molar-refractivity contribution >= 4 is 5.69 Å². The number of hydrogen-bond donors (Lipinski definition) is 1. The summed E-state index contributed by atoms with van der Waals surface area (Å²) >= 11 is 0. The zero-order chi connectivity index (χ0) is 23.4. The molecular formula is C22H27N9O2. The number of H-pyrrole nitrogens is 1. The molecule has 0 fully saturated rings. The number of aryl methyl sites for hydroxylation is 1. The molecule has 0 aliphatic carbocycles. The molecule has 0 aliphatic heterocycles. The molecule has 3 aromatic heterocycles. The van der Waals surface area contributed by atoms with Crippen LogP contribution in [0.4, 0.5) is 5.69 Å². The summed E-state index contributed by atoms with van der Waals surface area (Å²) in [6.45, 7) is 7.12. The Morgan fingerprint density at radius 3 is 2.61 bits per heavy atom. The van der Waals surface area contributed by atoms with Gasteiger partial charge in [-0.2, -0.15) is 10.3 Å². The number of hydrogen-bond acceptors (Lipinski definition) is 7. The van der Waals surface area contributed by atoms with E-state index in [1.165, 1.54) is 6.07 Å². The van der Waals surface area contributed by atoms with Crippen LogP contribution in [-0.4, -0.2) is 44.9 Å². The van der Waals surface area contributed by atoms with Crippen molar-refractivity contribution in [3.05, 3.63) is 63.9 Å². The minimum atomic E-state index is -0.451. The molecule has 172 valence electrons. The third kappa shape index (κ3) is 4.97. The van der Waals surface area contributed by atoms with E-state index in [0.717, 1.165) is 48.6 Å². The Kier molecular flexibility index (Phi) is 6.57. The van der Waals surface area contributed by atoms with Gasteiger partial charge in [0.2, 0.25) is 5.82 Å². The molecule has 0 unspecified atom stereocenters. The smallest absolute Gasteiger partial charge is 0.298 e. The van der Waals surface area contributed by atoms with Gasteiger partial charge in [0.15, 0.2) is 11.5 Å². The predicted molar refractivity (Wildman–Crippen MR) is 122 cm³/mol. The Morgan fingerprint density at radius 2 is 1.97 bits per heavy atom. The van der Waals surface area contributed by atoms with Crippen molar-refractivity contribution in [2.75, 3.05) is 0 Å². The first-order valence-corrected chi connectivity index (χ1v) is 11.1. The van der Waals surface area contributed by atoms with Crippen molar-refractivity contribution in [3.8, 4) is 17.2 Å². The van der Waals surface area contributed by atoms with Gasteiger partial charge in [-0.25, -0.2) is 9.67 Å². The van der Waals surface area contributed by atoms with Gasteiger partial charge in [-0.3, -0.25) is 10.1 Å². The third-order valence-electron chi connectivity index (χ3n) is 5.30. The molecule has 0 radical (unpaired) electrons. The largest absolute Gasteiger partial charge is 0.308 e. The number of unbranched alkanes of at least 4 members (excludes halogenated alkanes) is 1. The average molecular weight is 450 g/mol. The summed E-state index contributed by atoms with van der Waals surface area (Å²) in [6.07, 6.45) is 5.57. The summed E-state index contributed by atoms with van der Waals surface area (Å²) in [6, 6.07) is 9.26. The summed E-state index contributed by atoms with van der Waals surface area (Å²) in [5.41, 5.74) is 2.02. The third-order valence-corrected chi connectivity index (χ3v) is 5.30. The van der Waals surface area contributed by atoms with Gasteiger partial charge in [0.1, 0.15) is 5.82 Å². The van der Waals surface area contributed by atoms with E-state index in [2.05, 4.69) is 41.4 Å². The lowest BCUT2D eigenvalue weighted by atomic mass is 10.1. The Hall–Kier alpha value is -3.89. The summed E-state index contributed by atoms with van der Waals surface area (Å²) in [4.78, 5) is 15.8. The fourth-order valence-corrected chi connectivity index (χ4v) is 3.73. The van der Waals surface area contributed by atoms with Gasteiger partial charge < -0.3 is 4.57 Å². The standard InChI is InChI=1S/C22H27N9O2/c1-4-5-6-20-23-19(13-15(2)3)26-30(20)14-16-7-9-17(10-8-16)29-12-11-18(31(32)33)21(29)22-24-27-28-25-22/h7-12,15H,4-6,13-14H2,1-3H3,(H,24,25,27,28). The van der Waals surface area contributed by atoms with Crippen LogP contribution in [0.5, 0.6) is 0 Å². The molecule has 11 heteroatoms. The minimum Gasteiger partial charge on any atom is -0.308 e. The van der Waals surface area contributed by atoms with Gasteiger partial charge >= 0.3 is 0 Å². The molecule has 0 amide bonds. The fourth-order valence-electron chi connectivity index (χ4n) is 3.73. The van der Waals surface area contributed by atoms with Crippen LogP contribution in [0.3, 0.4) is 0 Å². The maximum Gasteiger partial charge on any atom is 0.298 e. The van der Waals surface area contributed by atoms with Crippen molar-refractivity contribution in [1.82, 2.24) is 40.0 Å². The van der Waals surface area contributed by atoms with E-state index in [-0.39, 0.29) is 17.2 Å². The van der Waals surface area contributed by atoms with Crippen LogP contribution in [0, 0.1) is 16.0 Å². The highest BCUT2D eigenvalue weighted by atomic mass is 16.6. The molecule has 33 heavy (non-hydrogen) atoms. The molecule has 0 atom stereocenters. The van der Waals surface area contributed by atoms with Crippen LogP contribution in [0.15, 0.2) is 36.5 Å². The van der Waals surface area contributed by atoms with Gasteiger partial charge in [-0.05, 0) is 35.2 Å². The highest BCUT2D eigenvalue weighted by Gasteiger charge is 2.24. The Balaban J connectivity index is 1.60. The van der Waals surface area contributed by atoms with Crippen molar-refractivity contribution in [3.63, 3.8) is 0 Å². The highest BCUT2D eigenvalue weighted by molar-refractivity contribution is 5.67. The van der Waals surface area contributed by atoms with Gasteiger partial charge in [0.05, 0.1) is 11.5 Å². The fraction of sp³-hybridized carbons (Fsp3) is 0.409. The van der Waals surface area contributed by atoms with Crippen molar-refractivity contribution < 1.29 is 4.92 Å². The van der Waals surface area contributed by atoms with Crippen LogP contribution < -0.4 is 0 Å². The molecule has 0 bridgehead atoms. The molecule has 3 heterocycles. The zero-order valence-corrected chi connectivity index (χ0v) is 19.0. The maximum atomic E-state index is 11.5. The molecule has 1 N–H and O–H groups in total. The summed E-state index contributed by atoms with van der Waals surface area (Å²) in [7, 11) is 0. The first-order valence-electron chi connectivity index (χ1n) is 11.1. The Labute approximate surface area is 191 Å². The van der Waals surface area contributed by atoms with Crippen molar-refractivity contribution in [2.45, 2.75) is 53.0 Å². The molecule has 4 rings (SSSR count). The predicted octanol–water partition coefficient (Wildman–Crippen LogP) is 3.75. The van der Waals surface area contributed by atoms with Crippen LogP contribution in [-0.2, 0) is 19.4 Å². The van der Waals surface area contributed by atoms with Crippen LogP contribution in [0.2, 0.25) is 0 Å². The number of tetrazole rings is 1. The molecule has 0 saturated heterocycles. The summed E-state index contributed by atoms with van der Waals surface area (Å²) in [5, 5.41) is 30.0. The van der Waals surface area contributed by atoms with Gasteiger partial charge in [-0.1, -0.05) is 39.3 Å². The molecule has 11 nitrogen and oxygen atoms in total. The van der Waals surface area contributed by atoms with Crippen molar-refractivity contribution in [1.29, 1.82) is 0 Å². The number of nitrogens with zero attached hydrogens (tertiary/aromatic N) is 8. The molecule has 4 aromatic rings. The van der Waals surface area contributed by atoms with Crippen LogP contribution in [0.1, 0.15) is 50.8 Å². The lowest BCUT2D eigenvalue weighted by Gasteiger charge is -2.09. The number of aromatic amines is 1. The van der Waals surface area contributed by atoms with Gasteiger partial charge in [0.25, 0.3) is 5.69 Å². The lowest BCUT2D eigenvalue weighted by molar-refractivity contribution is -0.384. The highest BCUT2D eigenvalue weighted by Crippen LogP contribution is 2.31. The minimum absolute atomic E-state index is 0.0821. The van der Waals surface area contributed by atoms with Crippen LogP contribution in [0.25, 0.3) is 17.2 Å². The van der Waals surface area contributed by atoms with Gasteiger partial charge in [-0.15, -0.1) is 10.2 Å². The van der Waals surface area contributed by atoms with Crippen LogP contribution >= 0.6 is 0 Å². The van der Waals surface area contributed by atoms with E-state index < -0.39 is 4.92 Å². The van der Waals surface area contributed by atoms with E-state index in [4.69, 9.17) is 10.1 Å². The second-order valence-corrected chi connectivity index (χ2v) is 8.38. The number of rotatable bonds is 10. The Bertz CT molecular complexity index is 1210. The first kappa shape index (κ1) is 22.3. The number of nitrogens with one attached hydrogen (secondary N) is 1. The second-order valence-electron chi connectivity index (χ2n) is 8.38. The van der Waals surface area contributed by atoms with E-state index in [1.54, 1.807) is 10.8 Å². The van der Waals surface area contributed by atoms with Crippen molar-refractivity contribution in [2.24, 2.45) is 5.92 Å². The average Bonchev–Trinajstić information content (AvgIpc) is 3.52. The quantitative estimate of drug-likeness (QED) is 0.288. The van der Waals surface area contributed by atoms with E-state index >= 15 is 0 Å². The zero-order valence-electron chi connectivity index (χ0n) is 19.0. The molecule has 1 aromatic carbocycles. The number of aromatic nitrogens is 8. The lowest BCUT2D eigenvalue weighted by Crippen LogP contribution is -2.08. The van der Waals surface area contributed by atoms with E-state index in [1.807, 2.05) is 28.9 Å². The van der Waals surface area contributed by atoms with E-state index in [9.17, 15) is 10.1 Å². The number of nitro groups is 1. The number of benzene rings is 1. The SMILES string of the molecule is CCCCc1nc(CC(C)C)nn1Cc1ccc(-n2ccc([N+](=O)[O-])c2-c2nn[nH]n2)cc1. The van der Waals surface area contributed by atoms with E-state index in [0.29, 0.717) is 12.5 Å².